The summed E-state index contributed by atoms with van der Waals surface area (Å²) in [5.74, 6) is 0.392. The Kier molecular flexibility index (Phi) is 7.39. The number of ether oxygens (including phenoxy) is 1. The Morgan fingerprint density at radius 3 is 2.58 bits per heavy atom. The van der Waals surface area contributed by atoms with Gasteiger partial charge in [0.15, 0.2) is 0 Å². The van der Waals surface area contributed by atoms with E-state index in [9.17, 15) is 14.9 Å². The van der Waals surface area contributed by atoms with Gasteiger partial charge in [0.1, 0.15) is 12.4 Å². The van der Waals surface area contributed by atoms with Gasteiger partial charge in [0.25, 0.3) is 5.24 Å². The van der Waals surface area contributed by atoms with E-state index in [2.05, 4.69) is 22.0 Å². The van der Waals surface area contributed by atoms with E-state index in [4.69, 9.17) is 16.3 Å². The molecule has 0 N–H and O–H groups in total. The minimum absolute atomic E-state index is 0.213. The highest BCUT2D eigenvalue weighted by atomic mass is 79.9. The molecule has 3 aromatic carbocycles. The quantitative estimate of drug-likeness (QED) is 0.348. The lowest BCUT2D eigenvalue weighted by Gasteiger charge is -2.16. The van der Waals surface area contributed by atoms with Crippen LogP contribution in [0.3, 0.4) is 0 Å². The number of rotatable bonds is 7. The van der Waals surface area contributed by atoms with Crippen LogP contribution < -0.4 is 4.74 Å². The van der Waals surface area contributed by atoms with E-state index in [0.717, 1.165) is 32.9 Å². The lowest BCUT2D eigenvalue weighted by molar-refractivity contribution is -0.127. The van der Waals surface area contributed by atoms with Crippen molar-refractivity contribution in [2.45, 2.75) is 24.8 Å². The molecule has 0 unspecified atom stereocenters. The van der Waals surface area contributed by atoms with Crippen molar-refractivity contribution in [3.05, 3.63) is 98.5 Å². The molecule has 0 aromatic heterocycles. The van der Waals surface area contributed by atoms with E-state index in [0.29, 0.717) is 22.8 Å². The van der Waals surface area contributed by atoms with E-state index < -0.39 is 5.25 Å². The number of nitriles is 1. The lowest BCUT2D eigenvalue weighted by Crippen LogP contribution is -2.31. The van der Waals surface area contributed by atoms with Crippen LogP contribution in [0.4, 0.5) is 4.79 Å². The van der Waals surface area contributed by atoms with Crippen LogP contribution in [-0.2, 0) is 24.4 Å². The van der Waals surface area contributed by atoms with Gasteiger partial charge in [0, 0.05) is 15.1 Å². The highest BCUT2D eigenvalue weighted by molar-refractivity contribution is 9.10. The number of nitrogens with zero attached hydrogens (tertiary/aromatic N) is 2. The predicted molar refractivity (Wildman–Crippen MR) is 132 cm³/mol. The molecule has 2 amide bonds. The molecule has 0 bridgehead atoms. The molecule has 166 valence electrons. The molecular weight excluding hydrogens is 524 g/mol. The van der Waals surface area contributed by atoms with Crippen molar-refractivity contribution < 1.29 is 14.3 Å². The van der Waals surface area contributed by atoms with Crippen molar-refractivity contribution >= 4 is 50.4 Å². The maximum absolute atomic E-state index is 13.0. The van der Waals surface area contributed by atoms with Gasteiger partial charge in [-0.15, -0.1) is 0 Å². The highest BCUT2D eigenvalue weighted by Crippen LogP contribution is 2.34. The number of thioether (sulfide) groups is 1. The molecule has 1 heterocycles. The summed E-state index contributed by atoms with van der Waals surface area (Å²) in [6, 6.07) is 22.1. The number of carbonyl (C=O) groups excluding carboxylic acids is 2. The van der Waals surface area contributed by atoms with Crippen LogP contribution in [0.25, 0.3) is 0 Å². The smallest absolute Gasteiger partial charge is 0.289 e. The zero-order valence-electron chi connectivity index (χ0n) is 17.3. The van der Waals surface area contributed by atoms with Crippen LogP contribution in [0, 0.1) is 11.3 Å². The van der Waals surface area contributed by atoms with Crippen molar-refractivity contribution in [3.8, 4) is 11.8 Å². The summed E-state index contributed by atoms with van der Waals surface area (Å²) in [5.41, 5.74) is 2.99. The second-order valence-corrected chi connectivity index (χ2v) is 9.94. The van der Waals surface area contributed by atoms with Gasteiger partial charge < -0.3 is 4.74 Å². The molecule has 0 aliphatic carbocycles. The first-order chi connectivity index (χ1) is 15.9. The van der Waals surface area contributed by atoms with Crippen molar-refractivity contribution in [1.29, 1.82) is 5.26 Å². The number of carbonyl (C=O) groups is 2. The minimum atomic E-state index is -0.534. The van der Waals surface area contributed by atoms with E-state index in [1.54, 1.807) is 30.3 Å². The van der Waals surface area contributed by atoms with Gasteiger partial charge in [-0.25, -0.2) is 0 Å². The molecule has 0 radical (unpaired) electrons. The van der Waals surface area contributed by atoms with E-state index >= 15 is 0 Å². The number of imide groups is 1. The Bertz CT molecular complexity index is 1240. The fourth-order valence-corrected chi connectivity index (χ4v) is 5.05. The molecule has 1 saturated heterocycles. The Morgan fingerprint density at radius 1 is 1.06 bits per heavy atom. The van der Waals surface area contributed by atoms with Crippen molar-refractivity contribution in [2.75, 3.05) is 0 Å². The third-order valence-corrected chi connectivity index (χ3v) is 7.03. The van der Waals surface area contributed by atoms with Crippen LogP contribution >= 0.6 is 39.3 Å². The molecule has 8 heteroatoms. The first-order valence-electron chi connectivity index (χ1n) is 10.1. The van der Waals surface area contributed by atoms with Crippen LogP contribution in [0.15, 0.2) is 71.2 Å². The second-order valence-electron chi connectivity index (χ2n) is 7.44. The molecule has 5 nitrogen and oxygen atoms in total. The fourth-order valence-electron chi connectivity index (χ4n) is 3.50. The number of amides is 2. The lowest BCUT2D eigenvalue weighted by atomic mass is 10.1. The molecule has 1 aliphatic rings. The first-order valence-corrected chi connectivity index (χ1v) is 12.2. The third-order valence-electron chi connectivity index (χ3n) is 5.21. The number of hydrogen-bond acceptors (Lipinski definition) is 5. The summed E-state index contributed by atoms with van der Waals surface area (Å²) in [7, 11) is 0. The first kappa shape index (κ1) is 23.4. The standard InChI is InChI=1S/C25H18BrClN2O3S/c26-20-7-10-22(32-15-18-4-2-1-3-17(18)13-28)19(11-20)12-23-24(30)29(25(31)33-23)14-16-5-8-21(27)9-6-16/h1-11,23H,12,14-15H2/t23-/m1/s1. The van der Waals surface area contributed by atoms with E-state index in [1.165, 1.54) is 4.90 Å². The Hall–Kier alpha value is -2.79. The summed E-state index contributed by atoms with van der Waals surface area (Å²) in [5, 5.41) is 9.10. The topological polar surface area (TPSA) is 70.4 Å². The van der Waals surface area contributed by atoms with Gasteiger partial charge in [-0.2, -0.15) is 5.26 Å². The molecule has 0 spiro atoms. The summed E-state index contributed by atoms with van der Waals surface area (Å²) < 4.78 is 6.87. The van der Waals surface area contributed by atoms with Crippen molar-refractivity contribution in [3.63, 3.8) is 0 Å². The number of halogens is 2. The van der Waals surface area contributed by atoms with Gasteiger partial charge in [-0.1, -0.05) is 69.6 Å². The molecule has 0 saturated carbocycles. The maximum Gasteiger partial charge on any atom is 0.289 e. The molecule has 1 atom stereocenters. The fraction of sp³-hybridized carbons (Fsp3) is 0.160. The largest absolute Gasteiger partial charge is 0.489 e. The maximum atomic E-state index is 13.0. The van der Waals surface area contributed by atoms with Gasteiger partial charge in [-0.05, 0) is 53.9 Å². The predicted octanol–water partition coefficient (Wildman–Crippen LogP) is 6.36. The molecular formula is C25H18BrClN2O3S. The summed E-state index contributed by atoms with van der Waals surface area (Å²) in [6.07, 6.45) is 0.348. The third kappa shape index (κ3) is 5.59. The second kappa shape index (κ2) is 10.4. The van der Waals surface area contributed by atoms with Crippen molar-refractivity contribution in [1.82, 2.24) is 4.90 Å². The monoisotopic (exact) mass is 540 g/mol. The number of hydrogen-bond donors (Lipinski definition) is 0. The highest BCUT2D eigenvalue weighted by Gasteiger charge is 2.39. The van der Waals surface area contributed by atoms with Crippen LogP contribution in [0.2, 0.25) is 5.02 Å². The SMILES string of the molecule is N#Cc1ccccc1COc1ccc(Br)cc1C[C@H]1SC(=O)N(Cc2ccc(Cl)cc2)C1=O. The Labute approximate surface area is 209 Å². The van der Waals surface area contributed by atoms with Crippen LogP contribution in [-0.4, -0.2) is 21.3 Å². The molecule has 1 aliphatic heterocycles. The van der Waals surface area contributed by atoms with E-state index in [1.807, 2.05) is 36.4 Å². The Balaban J connectivity index is 1.48. The average molecular weight is 542 g/mol. The van der Waals surface area contributed by atoms with Crippen LogP contribution in [0.1, 0.15) is 22.3 Å². The molecule has 3 aromatic rings. The van der Waals surface area contributed by atoms with Gasteiger partial charge >= 0.3 is 0 Å². The zero-order valence-corrected chi connectivity index (χ0v) is 20.5. The average Bonchev–Trinajstić information content (AvgIpc) is 3.07. The number of benzene rings is 3. The van der Waals surface area contributed by atoms with Crippen LogP contribution in [0.5, 0.6) is 5.75 Å². The molecule has 33 heavy (non-hydrogen) atoms. The molecule has 1 fully saturated rings. The van der Waals surface area contributed by atoms with Gasteiger partial charge in [-0.3, -0.25) is 14.5 Å². The van der Waals surface area contributed by atoms with Gasteiger partial charge in [0.05, 0.1) is 23.4 Å². The normalized spacial score (nSPS) is 15.5. The Morgan fingerprint density at radius 2 is 1.82 bits per heavy atom. The molecule has 4 rings (SSSR count). The summed E-state index contributed by atoms with van der Waals surface area (Å²) in [4.78, 5) is 26.9. The zero-order chi connectivity index (χ0) is 23.4. The van der Waals surface area contributed by atoms with Gasteiger partial charge in [0.2, 0.25) is 5.91 Å². The minimum Gasteiger partial charge on any atom is -0.489 e. The summed E-state index contributed by atoms with van der Waals surface area (Å²) in [6.45, 7) is 0.441. The summed E-state index contributed by atoms with van der Waals surface area (Å²) >= 11 is 10.4. The van der Waals surface area contributed by atoms with Crippen molar-refractivity contribution in [2.24, 2.45) is 0 Å². The van der Waals surface area contributed by atoms with E-state index in [-0.39, 0.29) is 24.3 Å².